The minimum absolute atomic E-state index is 0.245. The van der Waals surface area contributed by atoms with E-state index in [1.54, 1.807) is 0 Å². The zero-order chi connectivity index (χ0) is 10.7. The second kappa shape index (κ2) is 3.91. The molecule has 0 saturated carbocycles. The van der Waals surface area contributed by atoms with E-state index in [-0.39, 0.29) is 6.54 Å². The van der Waals surface area contributed by atoms with E-state index >= 15 is 0 Å². The lowest BCUT2D eigenvalue weighted by Crippen LogP contribution is -2.40. The number of esters is 1. The van der Waals surface area contributed by atoms with Gasteiger partial charge in [-0.05, 0) is 0 Å². The smallest absolute Gasteiger partial charge is 0.325 e. The van der Waals surface area contributed by atoms with Crippen molar-refractivity contribution in [3.8, 4) is 0 Å². The summed E-state index contributed by atoms with van der Waals surface area (Å²) < 4.78 is 6.53. The first kappa shape index (κ1) is 10.2. The van der Waals surface area contributed by atoms with Crippen molar-refractivity contribution in [2.75, 3.05) is 7.11 Å². The number of aryl methyl sites for hydroxylation is 1. The molecule has 0 N–H and O–H groups in total. The monoisotopic (exact) mass is 198 g/mol. The molecule has 0 aliphatic heterocycles. The van der Waals surface area contributed by atoms with Gasteiger partial charge in [0.25, 0.3) is 0 Å². The molecule has 1 aromatic rings. The van der Waals surface area contributed by atoms with Crippen LogP contribution in [-0.4, -0.2) is 22.2 Å². The number of nitrogens with zero attached hydrogens (tertiary/aromatic N) is 2. The Morgan fingerprint density at radius 2 is 2.00 bits per heavy atom. The molecule has 0 amide bonds. The number of hydrogen-bond acceptors (Lipinski definition) is 4. The molecule has 1 heterocycles. The highest BCUT2D eigenvalue weighted by atomic mass is 16.5. The number of ether oxygens (including phenoxy) is 1. The Morgan fingerprint density at radius 3 is 2.57 bits per heavy atom. The molecule has 0 unspecified atom stereocenters. The molecule has 0 aromatic carbocycles. The molecule has 0 aliphatic carbocycles. The van der Waals surface area contributed by atoms with Crippen molar-refractivity contribution < 1.29 is 9.53 Å². The Hall–Kier alpha value is -1.85. The van der Waals surface area contributed by atoms with Gasteiger partial charge in [-0.25, -0.2) is 0 Å². The number of carbonyl (C=O) groups is 1. The number of carbonyl (C=O) groups excluding carboxylic acids is 1. The SMILES string of the molecule is COC(=O)Cn1ccn(C)c(=O)c1=O. The summed E-state index contributed by atoms with van der Waals surface area (Å²) in [5.74, 6) is -0.569. The maximum atomic E-state index is 11.3. The van der Waals surface area contributed by atoms with Gasteiger partial charge in [0.2, 0.25) is 0 Å². The van der Waals surface area contributed by atoms with Crippen molar-refractivity contribution in [2.24, 2.45) is 7.05 Å². The molecule has 0 fully saturated rings. The summed E-state index contributed by atoms with van der Waals surface area (Å²) in [6.07, 6.45) is 2.77. The zero-order valence-electron chi connectivity index (χ0n) is 7.89. The average molecular weight is 198 g/mol. The van der Waals surface area contributed by atoms with Gasteiger partial charge in [-0.15, -0.1) is 0 Å². The molecule has 0 aliphatic rings. The standard InChI is InChI=1S/C8H10N2O4/c1-9-3-4-10(5-6(11)14-2)8(13)7(9)12/h3-4H,5H2,1-2H3. The van der Waals surface area contributed by atoms with Crippen LogP contribution in [0.1, 0.15) is 0 Å². The van der Waals surface area contributed by atoms with Crippen molar-refractivity contribution in [3.63, 3.8) is 0 Å². The van der Waals surface area contributed by atoms with Crippen LogP contribution in [0.15, 0.2) is 22.0 Å². The topological polar surface area (TPSA) is 70.3 Å². The van der Waals surface area contributed by atoms with Gasteiger partial charge in [-0.3, -0.25) is 19.0 Å². The van der Waals surface area contributed by atoms with Crippen molar-refractivity contribution in [3.05, 3.63) is 33.1 Å². The second-order valence-corrected chi connectivity index (χ2v) is 2.72. The van der Waals surface area contributed by atoms with E-state index in [4.69, 9.17) is 0 Å². The first-order valence-corrected chi connectivity index (χ1v) is 3.89. The molecule has 14 heavy (non-hydrogen) atoms. The summed E-state index contributed by atoms with van der Waals surface area (Å²) >= 11 is 0. The minimum atomic E-state index is -0.736. The first-order chi connectivity index (χ1) is 6.56. The predicted molar refractivity (Wildman–Crippen MR) is 48.0 cm³/mol. The summed E-state index contributed by atoms with van der Waals surface area (Å²) in [5, 5.41) is 0. The molecule has 6 heteroatoms. The summed E-state index contributed by atoms with van der Waals surface area (Å²) in [6, 6.07) is 0. The Bertz CT molecular complexity index is 457. The molecule has 76 valence electrons. The highest BCUT2D eigenvalue weighted by Gasteiger charge is 2.06. The van der Waals surface area contributed by atoms with Gasteiger partial charge < -0.3 is 9.30 Å². The quantitative estimate of drug-likeness (QED) is 0.438. The Labute approximate surface area is 79.3 Å². The van der Waals surface area contributed by atoms with E-state index in [1.807, 2.05) is 0 Å². The van der Waals surface area contributed by atoms with Gasteiger partial charge in [0.05, 0.1) is 7.11 Å². The van der Waals surface area contributed by atoms with E-state index in [1.165, 1.54) is 26.6 Å². The van der Waals surface area contributed by atoms with Crippen molar-refractivity contribution in [2.45, 2.75) is 6.54 Å². The molecule has 0 spiro atoms. The molecule has 0 bridgehead atoms. The third-order valence-electron chi connectivity index (χ3n) is 1.76. The largest absolute Gasteiger partial charge is 0.468 e. The molecule has 0 atom stereocenters. The number of methoxy groups -OCH3 is 1. The third-order valence-corrected chi connectivity index (χ3v) is 1.76. The van der Waals surface area contributed by atoms with Crippen LogP contribution in [0.3, 0.4) is 0 Å². The lowest BCUT2D eigenvalue weighted by atomic mass is 10.5. The molecule has 1 aromatic heterocycles. The summed E-state index contributed by atoms with van der Waals surface area (Å²) in [7, 11) is 2.68. The molecule has 6 nitrogen and oxygen atoms in total. The van der Waals surface area contributed by atoms with Gasteiger partial charge in [0.15, 0.2) is 0 Å². The number of rotatable bonds is 2. The van der Waals surface area contributed by atoms with Crippen LogP contribution in [0.5, 0.6) is 0 Å². The highest BCUT2D eigenvalue weighted by Crippen LogP contribution is 1.81. The summed E-state index contributed by atoms with van der Waals surface area (Å²) in [6.45, 7) is -0.245. The van der Waals surface area contributed by atoms with Crippen LogP contribution in [0.4, 0.5) is 0 Å². The van der Waals surface area contributed by atoms with Gasteiger partial charge >= 0.3 is 17.1 Å². The van der Waals surface area contributed by atoms with E-state index < -0.39 is 17.1 Å². The molecular formula is C8H10N2O4. The fraction of sp³-hybridized carbons (Fsp3) is 0.375. The molecular weight excluding hydrogens is 188 g/mol. The van der Waals surface area contributed by atoms with Gasteiger partial charge in [0, 0.05) is 19.4 Å². The molecule has 0 saturated heterocycles. The first-order valence-electron chi connectivity index (χ1n) is 3.89. The van der Waals surface area contributed by atoms with Crippen LogP contribution in [-0.2, 0) is 23.1 Å². The molecule has 0 radical (unpaired) electrons. The maximum absolute atomic E-state index is 11.3. The third kappa shape index (κ3) is 1.90. The number of hydrogen-bond donors (Lipinski definition) is 0. The van der Waals surface area contributed by atoms with Crippen LogP contribution < -0.4 is 11.1 Å². The maximum Gasteiger partial charge on any atom is 0.325 e. The van der Waals surface area contributed by atoms with E-state index in [9.17, 15) is 14.4 Å². The average Bonchev–Trinajstić information content (AvgIpc) is 2.19. The van der Waals surface area contributed by atoms with Gasteiger partial charge in [-0.2, -0.15) is 0 Å². The Balaban J connectivity index is 3.13. The zero-order valence-corrected chi connectivity index (χ0v) is 7.89. The van der Waals surface area contributed by atoms with E-state index in [0.29, 0.717) is 0 Å². The van der Waals surface area contributed by atoms with E-state index in [2.05, 4.69) is 4.74 Å². The number of aromatic nitrogens is 2. The fourth-order valence-electron chi connectivity index (χ4n) is 0.918. The van der Waals surface area contributed by atoms with Gasteiger partial charge in [-0.1, -0.05) is 0 Å². The van der Waals surface area contributed by atoms with Crippen molar-refractivity contribution in [1.82, 2.24) is 9.13 Å². The van der Waals surface area contributed by atoms with Crippen molar-refractivity contribution >= 4 is 5.97 Å². The Kier molecular flexibility index (Phi) is 2.85. The minimum Gasteiger partial charge on any atom is -0.468 e. The Morgan fingerprint density at radius 1 is 1.36 bits per heavy atom. The molecule has 1 rings (SSSR count). The second-order valence-electron chi connectivity index (χ2n) is 2.72. The summed E-state index contributed by atoms with van der Waals surface area (Å²) in [5.41, 5.74) is -1.41. The fourth-order valence-corrected chi connectivity index (χ4v) is 0.918. The van der Waals surface area contributed by atoms with Crippen LogP contribution in [0, 0.1) is 0 Å². The van der Waals surface area contributed by atoms with Crippen LogP contribution in [0.25, 0.3) is 0 Å². The lowest BCUT2D eigenvalue weighted by Gasteiger charge is -2.03. The lowest BCUT2D eigenvalue weighted by molar-refractivity contribution is -0.141. The van der Waals surface area contributed by atoms with Crippen molar-refractivity contribution in [1.29, 1.82) is 0 Å². The highest BCUT2D eigenvalue weighted by molar-refractivity contribution is 5.68. The summed E-state index contributed by atoms with van der Waals surface area (Å²) in [4.78, 5) is 33.2. The van der Waals surface area contributed by atoms with E-state index in [0.717, 1.165) is 9.13 Å². The predicted octanol–water partition coefficient (Wildman–Crippen LogP) is -1.28. The van der Waals surface area contributed by atoms with Crippen LogP contribution >= 0.6 is 0 Å². The normalized spacial score (nSPS) is 9.86. The van der Waals surface area contributed by atoms with Gasteiger partial charge in [0.1, 0.15) is 6.54 Å². The van der Waals surface area contributed by atoms with Crippen LogP contribution in [0.2, 0.25) is 0 Å².